The lowest BCUT2D eigenvalue weighted by Crippen LogP contribution is -2.09. The molecule has 1 aromatic heterocycles. The average Bonchev–Trinajstić information content (AvgIpc) is 2.73. The van der Waals surface area contributed by atoms with Gasteiger partial charge in [-0.1, -0.05) is 13.8 Å². The van der Waals surface area contributed by atoms with E-state index in [9.17, 15) is 0 Å². The van der Waals surface area contributed by atoms with E-state index in [0.717, 1.165) is 31.7 Å². The van der Waals surface area contributed by atoms with Gasteiger partial charge in [0.1, 0.15) is 5.75 Å². The molecule has 0 saturated carbocycles. The standard InChI is InChI=1S/C18H28N2O/c1-6-10-20-14(4)17(12-19-5)16-11-15(8-9-18(16)20)21-13(3)7-2/h8-9,11,13,19H,6-7,10,12H2,1-5H3. The molecule has 1 atom stereocenters. The predicted molar refractivity (Wildman–Crippen MR) is 90.1 cm³/mol. The summed E-state index contributed by atoms with van der Waals surface area (Å²) in [6.45, 7) is 10.7. The number of hydrogen-bond donors (Lipinski definition) is 1. The van der Waals surface area contributed by atoms with Gasteiger partial charge in [-0.3, -0.25) is 0 Å². The molecule has 0 radical (unpaired) electrons. The van der Waals surface area contributed by atoms with Crippen LogP contribution in [0.1, 0.15) is 44.9 Å². The zero-order valence-corrected chi connectivity index (χ0v) is 14.0. The topological polar surface area (TPSA) is 26.2 Å². The van der Waals surface area contributed by atoms with Gasteiger partial charge in [0.15, 0.2) is 0 Å². The Morgan fingerprint density at radius 3 is 2.67 bits per heavy atom. The van der Waals surface area contributed by atoms with E-state index in [1.807, 2.05) is 7.05 Å². The number of aromatic nitrogens is 1. The van der Waals surface area contributed by atoms with Crippen molar-refractivity contribution in [1.29, 1.82) is 0 Å². The molecule has 3 nitrogen and oxygen atoms in total. The maximum atomic E-state index is 5.98. The Bertz CT molecular complexity index is 601. The van der Waals surface area contributed by atoms with E-state index in [0.29, 0.717) is 0 Å². The lowest BCUT2D eigenvalue weighted by Gasteiger charge is -2.13. The van der Waals surface area contributed by atoms with Crippen LogP contribution in [-0.4, -0.2) is 17.7 Å². The minimum absolute atomic E-state index is 0.258. The van der Waals surface area contributed by atoms with Crippen LogP contribution in [-0.2, 0) is 13.1 Å². The van der Waals surface area contributed by atoms with Gasteiger partial charge in [-0.25, -0.2) is 0 Å². The van der Waals surface area contributed by atoms with Crippen molar-refractivity contribution in [2.75, 3.05) is 7.05 Å². The highest BCUT2D eigenvalue weighted by Gasteiger charge is 2.14. The molecule has 0 aliphatic carbocycles. The third-order valence-corrected chi connectivity index (χ3v) is 4.14. The molecule has 0 aliphatic heterocycles. The summed E-state index contributed by atoms with van der Waals surface area (Å²) in [5.74, 6) is 0.975. The van der Waals surface area contributed by atoms with Crippen LogP contribution in [0, 0.1) is 6.92 Å². The first-order valence-electron chi connectivity index (χ1n) is 8.05. The summed E-state index contributed by atoms with van der Waals surface area (Å²) >= 11 is 0. The second-order valence-electron chi connectivity index (χ2n) is 5.76. The highest BCUT2D eigenvalue weighted by Crippen LogP contribution is 2.30. The molecule has 1 aromatic carbocycles. The molecule has 0 aliphatic rings. The van der Waals surface area contributed by atoms with E-state index in [-0.39, 0.29) is 6.10 Å². The van der Waals surface area contributed by atoms with Gasteiger partial charge in [-0.2, -0.15) is 0 Å². The van der Waals surface area contributed by atoms with Crippen LogP contribution in [0.4, 0.5) is 0 Å². The van der Waals surface area contributed by atoms with Gasteiger partial charge in [-0.05, 0) is 57.5 Å². The Labute approximate surface area is 128 Å². The van der Waals surface area contributed by atoms with Gasteiger partial charge in [-0.15, -0.1) is 0 Å². The van der Waals surface area contributed by atoms with Gasteiger partial charge >= 0.3 is 0 Å². The molecule has 21 heavy (non-hydrogen) atoms. The first kappa shape index (κ1) is 15.9. The summed E-state index contributed by atoms with van der Waals surface area (Å²) in [6, 6.07) is 6.51. The smallest absolute Gasteiger partial charge is 0.120 e. The molecular formula is C18H28N2O. The van der Waals surface area contributed by atoms with Crippen LogP contribution >= 0.6 is 0 Å². The largest absolute Gasteiger partial charge is 0.491 e. The number of aryl methyl sites for hydroxylation is 1. The molecule has 1 heterocycles. The van der Waals surface area contributed by atoms with Crippen LogP contribution in [0.2, 0.25) is 0 Å². The van der Waals surface area contributed by atoms with E-state index in [1.54, 1.807) is 0 Å². The monoisotopic (exact) mass is 288 g/mol. The molecule has 2 aromatic rings. The van der Waals surface area contributed by atoms with Gasteiger partial charge in [0.05, 0.1) is 6.10 Å². The molecule has 0 fully saturated rings. The fourth-order valence-electron chi connectivity index (χ4n) is 2.83. The number of fused-ring (bicyclic) bond motifs is 1. The molecule has 2 rings (SSSR count). The number of benzene rings is 1. The molecule has 116 valence electrons. The zero-order chi connectivity index (χ0) is 15.4. The van der Waals surface area contributed by atoms with E-state index >= 15 is 0 Å². The lowest BCUT2D eigenvalue weighted by atomic mass is 10.1. The molecule has 0 spiro atoms. The average molecular weight is 288 g/mol. The van der Waals surface area contributed by atoms with E-state index < -0.39 is 0 Å². The van der Waals surface area contributed by atoms with Gasteiger partial charge in [0.2, 0.25) is 0 Å². The van der Waals surface area contributed by atoms with Crippen molar-refractivity contribution in [2.45, 2.75) is 59.7 Å². The molecule has 0 bridgehead atoms. The molecule has 0 saturated heterocycles. The van der Waals surface area contributed by atoms with Crippen molar-refractivity contribution in [3.05, 3.63) is 29.5 Å². The normalized spacial score (nSPS) is 12.8. The Kier molecular flexibility index (Phi) is 5.29. The van der Waals surface area contributed by atoms with Crippen LogP contribution in [0.15, 0.2) is 18.2 Å². The van der Waals surface area contributed by atoms with Crippen LogP contribution in [0.3, 0.4) is 0 Å². The summed E-state index contributed by atoms with van der Waals surface area (Å²) in [5, 5.41) is 4.61. The fourth-order valence-corrected chi connectivity index (χ4v) is 2.83. The minimum atomic E-state index is 0.258. The molecule has 0 amide bonds. The molecular weight excluding hydrogens is 260 g/mol. The van der Waals surface area contributed by atoms with Crippen molar-refractivity contribution in [2.24, 2.45) is 0 Å². The second-order valence-corrected chi connectivity index (χ2v) is 5.76. The van der Waals surface area contributed by atoms with Crippen molar-refractivity contribution >= 4 is 10.9 Å². The third-order valence-electron chi connectivity index (χ3n) is 4.14. The van der Waals surface area contributed by atoms with Crippen LogP contribution in [0.5, 0.6) is 5.75 Å². The Morgan fingerprint density at radius 1 is 1.29 bits per heavy atom. The van der Waals surface area contributed by atoms with Crippen molar-refractivity contribution in [3.8, 4) is 5.75 Å². The van der Waals surface area contributed by atoms with Crippen molar-refractivity contribution in [3.63, 3.8) is 0 Å². The minimum Gasteiger partial charge on any atom is -0.491 e. The SMILES string of the molecule is CCCn1c(C)c(CNC)c2cc(OC(C)CC)ccc21. The summed E-state index contributed by atoms with van der Waals surface area (Å²) in [6.07, 6.45) is 2.43. The summed E-state index contributed by atoms with van der Waals surface area (Å²) < 4.78 is 8.41. The molecule has 1 N–H and O–H groups in total. The maximum Gasteiger partial charge on any atom is 0.120 e. The van der Waals surface area contributed by atoms with Gasteiger partial charge in [0, 0.05) is 29.7 Å². The van der Waals surface area contributed by atoms with Crippen LogP contribution < -0.4 is 10.1 Å². The van der Waals surface area contributed by atoms with Crippen molar-refractivity contribution in [1.82, 2.24) is 9.88 Å². The number of ether oxygens (including phenoxy) is 1. The summed E-state index contributed by atoms with van der Waals surface area (Å²) in [5.41, 5.74) is 4.06. The number of nitrogens with zero attached hydrogens (tertiary/aromatic N) is 1. The first-order valence-corrected chi connectivity index (χ1v) is 8.05. The molecule has 1 unspecified atom stereocenters. The maximum absolute atomic E-state index is 5.98. The Morgan fingerprint density at radius 2 is 2.05 bits per heavy atom. The quantitative estimate of drug-likeness (QED) is 0.824. The predicted octanol–water partition coefficient (Wildman–Crippen LogP) is 4.26. The number of nitrogens with one attached hydrogen (secondary N) is 1. The third kappa shape index (κ3) is 3.24. The Balaban J connectivity index is 2.50. The van der Waals surface area contributed by atoms with E-state index in [2.05, 4.69) is 55.8 Å². The fraction of sp³-hybridized carbons (Fsp3) is 0.556. The number of rotatable bonds is 7. The van der Waals surface area contributed by atoms with Gasteiger partial charge in [0.25, 0.3) is 0 Å². The van der Waals surface area contributed by atoms with E-state index in [4.69, 9.17) is 4.74 Å². The van der Waals surface area contributed by atoms with E-state index in [1.165, 1.54) is 22.2 Å². The second kappa shape index (κ2) is 6.99. The Hall–Kier alpha value is -1.48. The highest BCUT2D eigenvalue weighted by atomic mass is 16.5. The first-order chi connectivity index (χ1) is 10.1. The highest BCUT2D eigenvalue weighted by molar-refractivity contribution is 5.87. The summed E-state index contributed by atoms with van der Waals surface area (Å²) in [7, 11) is 2.00. The molecule has 3 heteroatoms. The van der Waals surface area contributed by atoms with Crippen molar-refractivity contribution < 1.29 is 4.74 Å². The zero-order valence-electron chi connectivity index (χ0n) is 14.0. The summed E-state index contributed by atoms with van der Waals surface area (Å²) in [4.78, 5) is 0. The van der Waals surface area contributed by atoms with Gasteiger partial charge < -0.3 is 14.6 Å². The van der Waals surface area contributed by atoms with Crippen LogP contribution in [0.25, 0.3) is 10.9 Å². The number of hydrogen-bond acceptors (Lipinski definition) is 2. The lowest BCUT2D eigenvalue weighted by molar-refractivity contribution is 0.217.